The van der Waals surface area contributed by atoms with Crippen molar-refractivity contribution in [2.24, 2.45) is 0 Å². The summed E-state index contributed by atoms with van der Waals surface area (Å²) in [6.07, 6.45) is 5.05. The average Bonchev–Trinajstić information content (AvgIpc) is 3.30. The van der Waals surface area contributed by atoms with E-state index in [4.69, 9.17) is 4.74 Å². The van der Waals surface area contributed by atoms with Crippen LogP contribution in [0.15, 0.2) is 73.2 Å². The number of hydrogen-bond donors (Lipinski definition) is 2. The van der Waals surface area contributed by atoms with Gasteiger partial charge in [0.15, 0.2) is 11.6 Å². The van der Waals surface area contributed by atoms with Gasteiger partial charge in [0.2, 0.25) is 5.88 Å². The second-order valence-corrected chi connectivity index (χ2v) is 5.94. The highest BCUT2D eigenvalue weighted by molar-refractivity contribution is 6.05. The summed E-state index contributed by atoms with van der Waals surface area (Å²) in [7, 11) is 1.48. The third-order valence-corrected chi connectivity index (χ3v) is 4.01. The number of nitrogens with one attached hydrogen (secondary N) is 2. The van der Waals surface area contributed by atoms with Crippen LogP contribution in [0.1, 0.15) is 10.4 Å². The van der Waals surface area contributed by atoms with Gasteiger partial charge in [-0.2, -0.15) is 5.10 Å². The Morgan fingerprint density at radius 3 is 2.48 bits per heavy atom. The van der Waals surface area contributed by atoms with E-state index in [1.165, 1.54) is 7.11 Å². The van der Waals surface area contributed by atoms with Crippen LogP contribution < -0.4 is 15.4 Å². The van der Waals surface area contributed by atoms with E-state index in [0.717, 1.165) is 5.69 Å². The van der Waals surface area contributed by atoms with Gasteiger partial charge in [0, 0.05) is 30.0 Å². The first-order chi connectivity index (χ1) is 14.2. The first-order valence-electron chi connectivity index (χ1n) is 8.74. The summed E-state index contributed by atoms with van der Waals surface area (Å²) >= 11 is 0. The minimum Gasteiger partial charge on any atom is -0.480 e. The Balaban J connectivity index is 1.41. The SMILES string of the molecule is COc1ncccc1C(=O)Nc1ccc(Nc2ccc(-n3cccn3)nn2)cc1. The molecule has 0 aliphatic heterocycles. The Bertz CT molecular complexity index is 1090. The number of amides is 1. The second kappa shape index (κ2) is 8.17. The minimum absolute atomic E-state index is 0.278. The first kappa shape index (κ1) is 18.1. The molecule has 4 rings (SSSR count). The molecule has 0 radical (unpaired) electrons. The molecule has 144 valence electrons. The van der Waals surface area contributed by atoms with Gasteiger partial charge in [-0.15, -0.1) is 10.2 Å². The molecule has 2 N–H and O–H groups in total. The molecule has 4 aromatic rings. The molecule has 3 aromatic heterocycles. The molecule has 0 unspecified atom stereocenters. The largest absolute Gasteiger partial charge is 0.480 e. The topological polar surface area (TPSA) is 107 Å². The fraction of sp³-hybridized carbons (Fsp3) is 0.0500. The van der Waals surface area contributed by atoms with E-state index in [0.29, 0.717) is 22.9 Å². The first-order valence-corrected chi connectivity index (χ1v) is 8.74. The van der Waals surface area contributed by atoms with E-state index in [1.807, 2.05) is 30.3 Å². The fourth-order valence-corrected chi connectivity index (χ4v) is 2.63. The zero-order valence-electron chi connectivity index (χ0n) is 15.5. The predicted molar refractivity (Wildman–Crippen MR) is 108 cm³/mol. The molecule has 9 heteroatoms. The molecule has 29 heavy (non-hydrogen) atoms. The molecule has 0 fully saturated rings. The van der Waals surface area contributed by atoms with Crippen molar-refractivity contribution in [3.05, 3.63) is 78.8 Å². The van der Waals surface area contributed by atoms with Crippen molar-refractivity contribution in [3.63, 3.8) is 0 Å². The molecule has 0 aliphatic rings. The molecular formula is C20H17N7O2. The van der Waals surface area contributed by atoms with E-state index < -0.39 is 0 Å². The van der Waals surface area contributed by atoms with Crippen molar-refractivity contribution in [3.8, 4) is 11.7 Å². The predicted octanol–water partition coefficient (Wildman–Crippen LogP) is 3.06. The van der Waals surface area contributed by atoms with Gasteiger partial charge in [0.1, 0.15) is 5.56 Å². The normalized spacial score (nSPS) is 10.4. The third-order valence-electron chi connectivity index (χ3n) is 4.01. The van der Waals surface area contributed by atoms with Crippen molar-refractivity contribution in [1.82, 2.24) is 25.0 Å². The van der Waals surface area contributed by atoms with Crippen molar-refractivity contribution in [2.75, 3.05) is 17.7 Å². The second-order valence-electron chi connectivity index (χ2n) is 5.94. The highest BCUT2D eigenvalue weighted by Crippen LogP contribution is 2.20. The number of benzene rings is 1. The van der Waals surface area contributed by atoms with E-state index in [1.54, 1.807) is 47.5 Å². The van der Waals surface area contributed by atoms with Gasteiger partial charge in [-0.1, -0.05) is 0 Å². The zero-order chi connectivity index (χ0) is 20.1. The molecule has 9 nitrogen and oxygen atoms in total. The Morgan fingerprint density at radius 2 is 1.79 bits per heavy atom. The maximum absolute atomic E-state index is 12.4. The molecule has 0 atom stereocenters. The van der Waals surface area contributed by atoms with Crippen LogP contribution in [0, 0.1) is 0 Å². The van der Waals surface area contributed by atoms with Gasteiger partial charge in [-0.05, 0) is 54.6 Å². The monoisotopic (exact) mass is 387 g/mol. The Morgan fingerprint density at radius 1 is 0.966 bits per heavy atom. The Hall–Kier alpha value is -4.27. The maximum atomic E-state index is 12.4. The Labute approximate surface area is 166 Å². The summed E-state index contributed by atoms with van der Waals surface area (Å²) in [6.45, 7) is 0. The number of ether oxygens (including phenoxy) is 1. The van der Waals surface area contributed by atoms with E-state index >= 15 is 0 Å². The number of pyridine rings is 1. The van der Waals surface area contributed by atoms with Gasteiger partial charge in [0.05, 0.1) is 7.11 Å². The third kappa shape index (κ3) is 4.19. The quantitative estimate of drug-likeness (QED) is 0.523. The standard InChI is InChI=1S/C20H17N7O2/c1-29-20-16(4-2-11-21-20)19(28)24-15-7-5-14(6-8-15)23-17-9-10-18(26-25-17)27-13-3-12-22-27/h2-13H,1H3,(H,23,25)(H,24,28). The lowest BCUT2D eigenvalue weighted by Crippen LogP contribution is -2.13. The van der Waals surface area contributed by atoms with Crippen LogP contribution in [0.3, 0.4) is 0 Å². The molecule has 0 saturated heterocycles. The van der Waals surface area contributed by atoms with Crippen LogP contribution in [-0.4, -0.2) is 38.0 Å². The number of methoxy groups -OCH3 is 1. The van der Waals surface area contributed by atoms with Gasteiger partial charge in [0.25, 0.3) is 5.91 Å². The summed E-state index contributed by atoms with van der Waals surface area (Å²) in [5, 5.41) is 18.4. The highest BCUT2D eigenvalue weighted by atomic mass is 16.5. The number of aromatic nitrogens is 5. The number of carbonyl (C=O) groups excluding carboxylic acids is 1. The van der Waals surface area contributed by atoms with E-state index in [9.17, 15) is 4.79 Å². The Kier molecular flexibility index (Phi) is 5.10. The summed E-state index contributed by atoms with van der Waals surface area (Å²) in [5.74, 6) is 1.21. The van der Waals surface area contributed by atoms with Gasteiger partial charge < -0.3 is 15.4 Å². The minimum atomic E-state index is -0.296. The zero-order valence-corrected chi connectivity index (χ0v) is 15.5. The summed E-state index contributed by atoms with van der Waals surface area (Å²) in [6, 6.07) is 16.0. The van der Waals surface area contributed by atoms with Crippen molar-refractivity contribution >= 4 is 23.1 Å². The van der Waals surface area contributed by atoms with Gasteiger partial charge in [-0.25, -0.2) is 9.67 Å². The molecule has 0 spiro atoms. The summed E-state index contributed by atoms with van der Waals surface area (Å²) < 4.78 is 6.75. The maximum Gasteiger partial charge on any atom is 0.261 e. The van der Waals surface area contributed by atoms with Crippen LogP contribution in [-0.2, 0) is 0 Å². The van der Waals surface area contributed by atoms with E-state index in [-0.39, 0.29) is 11.8 Å². The number of nitrogens with zero attached hydrogens (tertiary/aromatic N) is 5. The average molecular weight is 387 g/mol. The highest BCUT2D eigenvalue weighted by Gasteiger charge is 2.13. The number of rotatable bonds is 6. The lowest BCUT2D eigenvalue weighted by molar-refractivity contribution is 0.102. The number of carbonyl (C=O) groups is 1. The van der Waals surface area contributed by atoms with Crippen molar-refractivity contribution in [2.45, 2.75) is 0 Å². The summed E-state index contributed by atoms with van der Waals surface area (Å²) in [5.41, 5.74) is 1.82. The van der Waals surface area contributed by atoms with Crippen LogP contribution in [0.25, 0.3) is 5.82 Å². The number of anilines is 3. The van der Waals surface area contributed by atoms with Crippen molar-refractivity contribution < 1.29 is 9.53 Å². The molecule has 0 aliphatic carbocycles. The lowest BCUT2D eigenvalue weighted by atomic mass is 10.2. The number of hydrogen-bond acceptors (Lipinski definition) is 7. The van der Waals surface area contributed by atoms with Crippen LogP contribution in [0.2, 0.25) is 0 Å². The van der Waals surface area contributed by atoms with Gasteiger partial charge in [-0.3, -0.25) is 4.79 Å². The van der Waals surface area contributed by atoms with Gasteiger partial charge >= 0.3 is 0 Å². The molecule has 1 aromatic carbocycles. The smallest absolute Gasteiger partial charge is 0.261 e. The molecule has 0 saturated carbocycles. The molecular weight excluding hydrogens is 370 g/mol. The summed E-state index contributed by atoms with van der Waals surface area (Å²) in [4.78, 5) is 16.5. The fourth-order valence-electron chi connectivity index (χ4n) is 2.63. The van der Waals surface area contributed by atoms with Crippen molar-refractivity contribution in [1.29, 1.82) is 0 Å². The molecule has 0 bridgehead atoms. The van der Waals surface area contributed by atoms with Crippen LogP contribution in [0.5, 0.6) is 5.88 Å². The van der Waals surface area contributed by atoms with Crippen LogP contribution in [0.4, 0.5) is 17.2 Å². The van der Waals surface area contributed by atoms with E-state index in [2.05, 4.69) is 30.9 Å². The lowest BCUT2D eigenvalue weighted by Gasteiger charge is -2.09. The molecule has 3 heterocycles. The van der Waals surface area contributed by atoms with Crippen LogP contribution >= 0.6 is 0 Å². The molecule has 1 amide bonds.